The highest BCUT2D eigenvalue weighted by Crippen LogP contribution is 2.36. The van der Waals surface area contributed by atoms with Crippen LogP contribution in [-0.4, -0.2) is 45.3 Å². The molecule has 1 aliphatic heterocycles. The first-order valence-electron chi connectivity index (χ1n) is 7.36. The maximum absolute atomic E-state index is 12.5. The summed E-state index contributed by atoms with van der Waals surface area (Å²) < 4.78 is 15.0. The van der Waals surface area contributed by atoms with E-state index in [1.165, 1.54) is 21.3 Å². The lowest BCUT2D eigenvalue weighted by Crippen LogP contribution is -2.32. The highest BCUT2D eigenvalue weighted by Gasteiger charge is 2.40. The van der Waals surface area contributed by atoms with Crippen molar-refractivity contribution in [3.8, 4) is 11.5 Å². The number of amides is 3. The Morgan fingerprint density at radius 3 is 2.38 bits per heavy atom. The predicted octanol–water partition coefficient (Wildman–Crippen LogP) is 1.39. The molecule has 0 aliphatic carbocycles. The van der Waals surface area contributed by atoms with Crippen molar-refractivity contribution in [1.82, 2.24) is 5.32 Å². The van der Waals surface area contributed by atoms with Crippen LogP contribution in [0.25, 0.3) is 0 Å². The molecule has 1 aromatic carbocycles. The van der Waals surface area contributed by atoms with Gasteiger partial charge in [0.05, 0.1) is 27.0 Å². The van der Waals surface area contributed by atoms with Crippen molar-refractivity contribution in [3.05, 3.63) is 17.7 Å². The number of nitrogens with one attached hydrogen (secondary N) is 1. The zero-order valence-corrected chi connectivity index (χ0v) is 14.0. The van der Waals surface area contributed by atoms with E-state index in [9.17, 15) is 14.4 Å². The second kappa shape index (κ2) is 7.20. The Balaban J connectivity index is 2.27. The molecule has 0 spiro atoms. The number of esters is 1. The third-order valence-electron chi connectivity index (χ3n) is 3.83. The Morgan fingerprint density at radius 2 is 1.79 bits per heavy atom. The smallest absolute Gasteiger partial charge is 0.329 e. The van der Waals surface area contributed by atoms with E-state index in [2.05, 4.69) is 10.1 Å². The number of imide groups is 1. The summed E-state index contributed by atoms with van der Waals surface area (Å²) in [4.78, 5) is 37.0. The number of urea groups is 1. The molecule has 130 valence electrons. The van der Waals surface area contributed by atoms with Gasteiger partial charge in [0.25, 0.3) is 5.91 Å². The number of hydrogen-bond donors (Lipinski definition) is 1. The molecule has 8 nitrogen and oxygen atoms in total. The third kappa shape index (κ3) is 3.27. The van der Waals surface area contributed by atoms with Crippen molar-refractivity contribution < 1.29 is 28.6 Å². The van der Waals surface area contributed by atoms with E-state index < -0.39 is 23.9 Å². The normalized spacial score (nSPS) is 16.8. The van der Waals surface area contributed by atoms with E-state index in [0.717, 1.165) is 4.90 Å². The zero-order valence-electron chi connectivity index (χ0n) is 14.0. The summed E-state index contributed by atoms with van der Waals surface area (Å²) in [6, 6.07) is 1.97. The van der Waals surface area contributed by atoms with Gasteiger partial charge in [0.2, 0.25) is 0 Å². The lowest BCUT2D eigenvalue weighted by Gasteiger charge is -2.18. The summed E-state index contributed by atoms with van der Waals surface area (Å²) in [7, 11) is 4.26. The number of nitrogens with zero attached hydrogens (tertiary/aromatic N) is 1. The van der Waals surface area contributed by atoms with Crippen LogP contribution in [0.5, 0.6) is 11.5 Å². The van der Waals surface area contributed by atoms with Gasteiger partial charge in [-0.3, -0.25) is 9.59 Å². The third-order valence-corrected chi connectivity index (χ3v) is 3.83. The van der Waals surface area contributed by atoms with Gasteiger partial charge in [0.15, 0.2) is 11.5 Å². The molecule has 24 heavy (non-hydrogen) atoms. The number of ether oxygens (including phenoxy) is 3. The largest absolute Gasteiger partial charge is 0.493 e. The molecule has 0 bridgehead atoms. The van der Waals surface area contributed by atoms with Crippen LogP contribution in [0.3, 0.4) is 0 Å². The van der Waals surface area contributed by atoms with E-state index in [4.69, 9.17) is 9.47 Å². The summed E-state index contributed by atoms with van der Waals surface area (Å²) in [5.41, 5.74) is 1.10. The molecular formula is C16H20N2O6. The minimum absolute atomic E-state index is 0.0476. The number of aryl methyl sites for hydroxylation is 1. The Hall–Kier alpha value is -2.77. The fourth-order valence-corrected chi connectivity index (χ4v) is 2.53. The van der Waals surface area contributed by atoms with Gasteiger partial charge in [-0.25, -0.2) is 9.69 Å². The fourth-order valence-electron chi connectivity index (χ4n) is 2.53. The van der Waals surface area contributed by atoms with Gasteiger partial charge < -0.3 is 19.5 Å². The van der Waals surface area contributed by atoms with Gasteiger partial charge >= 0.3 is 12.0 Å². The molecule has 0 unspecified atom stereocenters. The quantitative estimate of drug-likeness (QED) is 0.623. The van der Waals surface area contributed by atoms with Gasteiger partial charge in [-0.1, -0.05) is 0 Å². The first-order chi connectivity index (χ1) is 11.4. The fraction of sp³-hybridized carbons (Fsp3) is 0.438. The lowest BCUT2D eigenvalue weighted by molar-refractivity contribution is -0.140. The van der Waals surface area contributed by atoms with Crippen LogP contribution in [0.4, 0.5) is 10.5 Å². The molecule has 8 heteroatoms. The molecule has 0 saturated carbocycles. The topological polar surface area (TPSA) is 94.2 Å². The van der Waals surface area contributed by atoms with Gasteiger partial charge in [-0.05, 0) is 25.0 Å². The van der Waals surface area contributed by atoms with Crippen molar-refractivity contribution in [2.24, 2.45) is 0 Å². The Labute approximate surface area is 139 Å². The molecule has 1 atom stereocenters. The molecule has 2 rings (SSSR count). The van der Waals surface area contributed by atoms with Crippen molar-refractivity contribution in [3.63, 3.8) is 0 Å². The summed E-state index contributed by atoms with van der Waals surface area (Å²) in [5, 5.41) is 2.58. The van der Waals surface area contributed by atoms with E-state index >= 15 is 0 Å². The van der Waals surface area contributed by atoms with Crippen LogP contribution in [0.15, 0.2) is 12.1 Å². The Morgan fingerprint density at radius 1 is 1.17 bits per heavy atom. The second-order valence-corrected chi connectivity index (χ2v) is 5.28. The number of carbonyl (C=O) groups excluding carboxylic acids is 3. The second-order valence-electron chi connectivity index (χ2n) is 5.28. The highest BCUT2D eigenvalue weighted by atomic mass is 16.5. The van der Waals surface area contributed by atoms with Crippen molar-refractivity contribution in [2.75, 3.05) is 26.2 Å². The average Bonchev–Trinajstić information content (AvgIpc) is 2.86. The molecule has 0 radical (unpaired) electrons. The Bertz CT molecular complexity index is 673. The molecule has 1 N–H and O–H groups in total. The Kier molecular flexibility index (Phi) is 5.28. The van der Waals surface area contributed by atoms with E-state index in [0.29, 0.717) is 22.7 Å². The van der Waals surface area contributed by atoms with Gasteiger partial charge in [-0.2, -0.15) is 0 Å². The number of benzene rings is 1. The lowest BCUT2D eigenvalue weighted by atomic mass is 10.1. The zero-order chi connectivity index (χ0) is 17.9. The minimum atomic E-state index is -0.760. The summed E-state index contributed by atoms with van der Waals surface area (Å²) in [5.74, 6) is 0.0711. The van der Waals surface area contributed by atoms with Gasteiger partial charge in [0, 0.05) is 12.5 Å². The molecule has 3 amide bonds. The highest BCUT2D eigenvalue weighted by molar-refractivity contribution is 6.21. The standard InChI is InChI=1S/C16H20N2O6/c1-9-7-12(22-2)13(23-3)8-11(9)18-15(20)10(17-16(18)21)5-6-14(19)24-4/h7-8,10H,5-6H2,1-4H3,(H,17,21)/t10-/m1/s1. The average molecular weight is 336 g/mol. The molecule has 1 heterocycles. The van der Waals surface area contributed by atoms with Crippen LogP contribution in [-0.2, 0) is 14.3 Å². The van der Waals surface area contributed by atoms with E-state index in [1.807, 2.05) is 0 Å². The molecule has 1 fully saturated rings. The van der Waals surface area contributed by atoms with E-state index in [1.54, 1.807) is 19.1 Å². The first-order valence-corrected chi connectivity index (χ1v) is 7.36. The molecular weight excluding hydrogens is 316 g/mol. The monoisotopic (exact) mass is 336 g/mol. The van der Waals surface area contributed by atoms with Crippen molar-refractivity contribution in [1.29, 1.82) is 0 Å². The van der Waals surface area contributed by atoms with Gasteiger partial charge in [-0.15, -0.1) is 0 Å². The molecule has 0 aromatic heterocycles. The summed E-state index contributed by atoms with van der Waals surface area (Å²) in [6.45, 7) is 1.76. The molecule has 1 saturated heterocycles. The number of hydrogen-bond acceptors (Lipinski definition) is 6. The summed E-state index contributed by atoms with van der Waals surface area (Å²) in [6.07, 6.45) is 0.228. The first kappa shape index (κ1) is 17.6. The van der Waals surface area contributed by atoms with Crippen LogP contribution in [0, 0.1) is 6.92 Å². The van der Waals surface area contributed by atoms with Gasteiger partial charge in [0.1, 0.15) is 6.04 Å². The SMILES string of the molecule is COC(=O)CC[C@H]1NC(=O)N(c2cc(OC)c(OC)cc2C)C1=O. The number of rotatable bonds is 6. The summed E-state index contributed by atoms with van der Waals surface area (Å²) >= 11 is 0. The van der Waals surface area contributed by atoms with Crippen LogP contribution in [0.1, 0.15) is 18.4 Å². The van der Waals surface area contributed by atoms with Crippen molar-refractivity contribution in [2.45, 2.75) is 25.8 Å². The number of carbonyl (C=O) groups is 3. The van der Waals surface area contributed by atoms with Crippen molar-refractivity contribution >= 4 is 23.6 Å². The minimum Gasteiger partial charge on any atom is -0.493 e. The molecule has 1 aliphatic rings. The van der Waals surface area contributed by atoms with Crippen LogP contribution >= 0.6 is 0 Å². The predicted molar refractivity (Wildman–Crippen MR) is 85.3 cm³/mol. The van der Waals surface area contributed by atoms with E-state index in [-0.39, 0.29) is 12.8 Å². The molecule has 1 aromatic rings. The number of methoxy groups -OCH3 is 3. The maximum Gasteiger partial charge on any atom is 0.329 e. The van der Waals surface area contributed by atoms with Crippen LogP contribution < -0.4 is 19.7 Å². The maximum atomic E-state index is 12.5. The van der Waals surface area contributed by atoms with Crippen LogP contribution in [0.2, 0.25) is 0 Å². The number of anilines is 1.